The highest BCUT2D eigenvalue weighted by Gasteiger charge is 2.22. The summed E-state index contributed by atoms with van der Waals surface area (Å²) in [5.74, 6) is -4.26. The van der Waals surface area contributed by atoms with Gasteiger partial charge in [0.2, 0.25) is 0 Å². The minimum Gasteiger partial charge on any atom is -0.465 e. The van der Waals surface area contributed by atoms with Crippen molar-refractivity contribution in [2.45, 2.75) is 0 Å². The minimum absolute atomic E-state index is 0.258. The summed E-state index contributed by atoms with van der Waals surface area (Å²) in [6.45, 7) is 0. The number of aromatic nitrogens is 1. The van der Waals surface area contributed by atoms with Crippen LogP contribution in [0.1, 0.15) is 10.4 Å². The molecule has 0 unspecified atom stereocenters. The molecular weight excluding hydrogens is 330 g/mol. The summed E-state index contributed by atoms with van der Waals surface area (Å²) in [6.07, 6.45) is 0. The largest absolute Gasteiger partial charge is 0.465 e. The fraction of sp³-hybridized carbons (Fsp3) is 0.0769. The van der Waals surface area contributed by atoms with Crippen LogP contribution in [0.25, 0.3) is 11.3 Å². The summed E-state index contributed by atoms with van der Waals surface area (Å²) in [7, 11) is 1.05. The Bertz CT molecular complexity index is 738. The van der Waals surface area contributed by atoms with E-state index in [1.165, 1.54) is 0 Å². The lowest BCUT2D eigenvalue weighted by Crippen LogP contribution is -2.07. The second-order valence-electron chi connectivity index (χ2n) is 3.89. The lowest BCUT2D eigenvalue weighted by molar-refractivity contribution is 0.0595. The molecule has 1 aromatic carbocycles. The molecule has 2 aromatic rings. The number of halogens is 5. The van der Waals surface area contributed by atoms with Gasteiger partial charge in [0.25, 0.3) is 0 Å². The van der Waals surface area contributed by atoms with E-state index in [1.54, 1.807) is 0 Å². The zero-order valence-electron chi connectivity index (χ0n) is 10.4. The van der Waals surface area contributed by atoms with E-state index in [0.29, 0.717) is 6.07 Å². The zero-order valence-corrected chi connectivity index (χ0v) is 11.9. The van der Waals surface area contributed by atoms with Crippen LogP contribution in [0.3, 0.4) is 0 Å². The van der Waals surface area contributed by atoms with Gasteiger partial charge in [-0.1, -0.05) is 23.2 Å². The predicted octanol–water partition coefficient (Wildman–Crippen LogP) is 4.26. The van der Waals surface area contributed by atoms with Crippen LogP contribution in [0.2, 0.25) is 10.2 Å². The van der Waals surface area contributed by atoms with E-state index in [1.807, 2.05) is 0 Å². The highest BCUT2D eigenvalue weighted by Crippen LogP contribution is 2.31. The molecule has 0 amide bonds. The van der Waals surface area contributed by atoms with Crippen molar-refractivity contribution >= 4 is 29.2 Å². The molecule has 2 rings (SSSR count). The Morgan fingerprint density at radius 2 is 1.81 bits per heavy atom. The Kier molecular flexibility index (Phi) is 4.39. The average molecular weight is 336 g/mol. The lowest BCUT2D eigenvalue weighted by Gasteiger charge is -2.09. The third-order valence-corrected chi connectivity index (χ3v) is 3.08. The van der Waals surface area contributed by atoms with Gasteiger partial charge in [0.1, 0.15) is 28.0 Å². The van der Waals surface area contributed by atoms with Gasteiger partial charge >= 0.3 is 5.97 Å². The first-order chi connectivity index (χ1) is 9.85. The average Bonchev–Trinajstić information content (AvgIpc) is 2.44. The van der Waals surface area contributed by atoms with Gasteiger partial charge in [0.15, 0.2) is 5.82 Å². The quantitative estimate of drug-likeness (QED) is 0.467. The molecule has 8 heteroatoms. The van der Waals surface area contributed by atoms with Crippen molar-refractivity contribution in [2.24, 2.45) is 0 Å². The molecule has 0 aliphatic rings. The van der Waals surface area contributed by atoms with Gasteiger partial charge in [0.05, 0.1) is 12.1 Å². The van der Waals surface area contributed by atoms with Gasteiger partial charge in [0, 0.05) is 11.6 Å². The summed E-state index contributed by atoms with van der Waals surface area (Å²) < 4.78 is 45.6. The molecule has 0 saturated carbocycles. The van der Waals surface area contributed by atoms with Crippen LogP contribution in [0.4, 0.5) is 13.2 Å². The van der Waals surface area contributed by atoms with Crippen LogP contribution in [-0.2, 0) is 4.74 Å². The summed E-state index contributed by atoms with van der Waals surface area (Å²) in [4.78, 5) is 15.1. The smallest absolute Gasteiger partial charge is 0.341 e. The number of ether oxygens (including phenoxy) is 1. The maximum Gasteiger partial charge on any atom is 0.341 e. The van der Waals surface area contributed by atoms with Crippen molar-refractivity contribution in [3.63, 3.8) is 0 Å². The van der Waals surface area contributed by atoms with Crippen LogP contribution in [-0.4, -0.2) is 18.1 Å². The number of nitrogens with zero attached hydrogens (tertiary/aromatic N) is 1. The van der Waals surface area contributed by atoms with E-state index in [-0.39, 0.29) is 5.15 Å². The fourth-order valence-electron chi connectivity index (χ4n) is 1.64. The molecule has 1 aromatic heterocycles. The first-order valence-corrected chi connectivity index (χ1v) is 6.20. The topological polar surface area (TPSA) is 39.2 Å². The number of pyridine rings is 1. The predicted molar refractivity (Wildman–Crippen MR) is 70.9 cm³/mol. The Balaban J connectivity index is 2.73. The van der Waals surface area contributed by atoms with Crippen LogP contribution < -0.4 is 0 Å². The third-order valence-electron chi connectivity index (χ3n) is 2.60. The first kappa shape index (κ1) is 15.6. The molecule has 0 aliphatic heterocycles. The normalized spacial score (nSPS) is 10.6. The molecule has 0 saturated heterocycles. The number of methoxy groups -OCH3 is 1. The van der Waals surface area contributed by atoms with E-state index in [4.69, 9.17) is 23.2 Å². The molecule has 0 spiro atoms. The first-order valence-electron chi connectivity index (χ1n) is 5.44. The molecule has 0 aliphatic carbocycles. The molecule has 0 radical (unpaired) electrons. The SMILES string of the molecule is COC(=O)c1cc(Cl)nc(-c2cc(Cl)c(F)cc2F)c1F. The lowest BCUT2D eigenvalue weighted by atomic mass is 10.1. The molecule has 1 heterocycles. The maximum absolute atomic E-state index is 14.3. The second kappa shape index (κ2) is 5.91. The van der Waals surface area contributed by atoms with Crippen molar-refractivity contribution in [1.82, 2.24) is 4.98 Å². The van der Waals surface area contributed by atoms with Crippen molar-refractivity contribution in [1.29, 1.82) is 0 Å². The van der Waals surface area contributed by atoms with E-state index in [2.05, 4.69) is 9.72 Å². The molecule has 0 N–H and O–H groups in total. The molecule has 0 atom stereocenters. The zero-order chi connectivity index (χ0) is 15.7. The number of hydrogen-bond donors (Lipinski definition) is 0. The highest BCUT2D eigenvalue weighted by molar-refractivity contribution is 6.31. The van der Waals surface area contributed by atoms with Crippen molar-refractivity contribution in [3.8, 4) is 11.3 Å². The van der Waals surface area contributed by atoms with Gasteiger partial charge in [-0.3, -0.25) is 0 Å². The van der Waals surface area contributed by atoms with E-state index in [0.717, 1.165) is 19.2 Å². The van der Waals surface area contributed by atoms with Crippen molar-refractivity contribution < 1.29 is 22.7 Å². The van der Waals surface area contributed by atoms with Gasteiger partial charge in [-0.05, 0) is 12.1 Å². The van der Waals surface area contributed by atoms with Crippen LogP contribution in [0.15, 0.2) is 18.2 Å². The Morgan fingerprint density at radius 1 is 1.14 bits per heavy atom. The summed E-state index contributed by atoms with van der Waals surface area (Å²) >= 11 is 11.2. The minimum atomic E-state index is -1.15. The van der Waals surface area contributed by atoms with Gasteiger partial charge in [-0.15, -0.1) is 0 Å². The van der Waals surface area contributed by atoms with Crippen LogP contribution >= 0.6 is 23.2 Å². The summed E-state index contributed by atoms with van der Waals surface area (Å²) in [6, 6.07) is 2.28. The van der Waals surface area contributed by atoms with Gasteiger partial charge in [-0.2, -0.15) is 0 Å². The Morgan fingerprint density at radius 3 is 2.43 bits per heavy atom. The maximum atomic E-state index is 14.3. The second-order valence-corrected chi connectivity index (χ2v) is 4.69. The van der Waals surface area contributed by atoms with Crippen LogP contribution in [0, 0.1) is 17.5 Å². The van der Waals surface area contributed by atoms with Crippen molar-refractivity contribution in [3.05, 3.63) is 51.4 Å². The number of carbonyl (C=O) groups excluding carboxylic acids is 1. The Hall–Kier alpha value is -1.79. The summed E-state index contributed by atoms with van der Waals surface area (Å²) in [5, 5.41) is -0.682. The third kappa shape index (κ3) is 2.96. The number of hydrogen-bond acceptors (Lipinski definition) is 3. The number of esters is 1. The monoisotopic (exact) mass is 335 g/mol. The van der Waals surface area contributed by atoms with E-state index >= 15 is 0 Å². The number of benzene rings is 1. The fourth-order valence-corrected chi connectivity index (χ4v) is 2.00. The van der Waals surface area contributed by atoms with E-state index < -0.39 is 45.3 Å². The molecule has 0 fully saturated rings. The standard InChI is InChI=1S/C13H6Cl2F3NO2/c1-21-13(20)6-3-10(15)19-12(11(6)18)5-2-7(14)9(17)4-8(5)16/h2-4H,1H3. The molecule has 110 valence electrons. The van der Waals surface area contributed by atoms with Gasteiger partial charge in [-0.25, -0.2) is 22.9 Å². The highest BCUT2D eigenvalue weighted by atomic mass is 35.5. The molecule has 0 bridgehead atoms. The van der Waals surface area contributed by atoms with Crippen molar-refractivity contribution in [2.75, 3.05) is 7.11 Å². The van der Waals surface area contributed by atoms with Crippen LogP contribution in [0.5, 0.6) is 0 Å². The number of rotatable bonds is 2. The van der Waals surface area contributed by atoms with E-state index in [9.17, 15) is 18.0 Å². The summed E-state index contributed by atoms with van der Waals surface area (Å²) in [5.41, 5.74) is -1.51. The molecular formula is C13H6Cl2F3NO2. The molecule has 3 nitrogen and oxygen atoms in total. The van der Waals surface area contributed by atoms with Gasteiger partial charge < -0.3 is 4.74 Å². The molecule has 21 heavy (non-hydrogen) atoms. The number of carbonyl (C=O) groups is 1. The Labute approximate surface area is 127 Å².